The molecule has 0 atom stereocenters. The molecule has 0 spiro atoms. The molecule has 2 amide bonds. The first-order chi connectivity index (χ1) is 13.3. The molecule has 2 aromatic carbocycles. The SMILES string of the molecule is Cc1cc(I)ccc1Nc1c(C(=O)NOCC2CC2)cc(C(N)=O)c(F)c1F. The van der Waals surface area contributed by atoms with Crippen molar-refractivity contribution in [2.24, 2.45) is 11.7 Å². The number of aryl methyl sites for hydroxylation is 1. The van der Waals surface area contributed by atoms with Crippen LogP contribution in [-0.2, 0) is 4.84 Å². The normalized spacial score (nSPS) is 13.3. The summed E-state index contributed by atoms with van der Waals surface area (Å²) >= 11 is 2.13. The van der Waals surface area contributed by atoms with Crippen LogP contribution < -0.4 is 16.5 Å². The van der Waals surface area contributed by atoms with E-state index in [9.17, 15) is 18.4 Å². The zero-order chi connectivity index (χ0) is 20.4. The molecule has 0 heterocycles. The smallest absolute Gasteiger partial charge is 0.277 e. The van der Waals surface area contributed by atoms with Gasteiger partial charge in [0.1, 0.15) is 0 Å². The van der Waals surface area contributed by atoms with Gasteiger partial charge in [0.05, 0.1) is 23.4 Å². The fourth-order valence-corrected chi connectivity index (χ4v) is 3.22. The molecule has 6 nitrogen and oxygen atoms in total. The Morgan fingerprint density at radius 2 is 1.93 bits per heavy atom. The summed E-state index contributed by atoms with van der Waals surface area (Å²) in [5.74, 6) is -4.40. The van der Waals surface area contributed by atoms with Crippen molar-refractivity contribution in [3.8, 4) is 0 Å². The van der Waals surface area contributed by atoms with Gasteiger partial charge in [0.2, 0.25) is 0 Å². The predicted octanol–water partition coefficient (Wildman–Crippen LogP) is 3.79. The predicted molar refractivity (Wildman–Crippen MR) is 108 cm³/mol. The van der Waals surface area contributed by atoms with E-state index in [2.05, 4.69) is 33.4 Å². The lowest BCUT2D eigenvalue weighted by Crippen LogP contribution is -2.27. The number of carbonyl (C=O) groups excluding carboxylic acids is 2. The van der Waals surface area contributed by atoms with Crippen LogP contribution in [0.4, 0.5) is 20.2 Å². The Balaban J connectivity index is 1.98. The van der Waals surface area contributed by atoms with E-state index in [0.29, 0.717) is 18.2 Å². The zero-order valence-corrected chi connectivity index (χ0v) is 17.1. The number of amides is 2. The third kappa shape index (κ3) is 4.58. The van der Waals surface area contributed by atoms with Crippen LogP contribution in [0.15, 0.2) is 24.3 Å². The van der Waals surface area contributed by atoms with Crippen LogP contribution in [0.2, 0.25) is 0 Å². The van der Waals surface area contributed by atoms with Crippen molar-refractivity contribution in [1.29, 1.82) is 0 Å². The minimum absolute atomic E-state index is 0.290. The van der Waals surface area contributed by atoms with Gasteiger partial charge in [-0.2, -0.15) is 0 Å². The minimum Gasteiger partial charge on any atom is -0.366 e. The van der Waals surface area contributed by atoms with Gasteiger partial charge in [-0.25, -0.2) is 14.3 Å². The van der Waals surface area contributed by atoms with Gasteiger partial charge in [0, 0.05) is 9.26 Å². The molecule has 3 rings (SSSR count). The van der Waals surface area contributed by atoms with Gasteiger partial charge in [-0.1, -0.05) is 0 Å². The average molecular weight is 501 g/mol. The van der Waals surface area contributed by atoms with Crippen molar-refractivity contribution in [1.82, 2.24) is 5.48 Å². The maximum absolute atomic E-state index is 14.7. The van der Waals surface area contributed by atoms with Gasteiger partial charge in [0.15, 0.2) is 11.6 Å². The fraction of sp³-hybridized carbons (Fsp3) is 0.263. The number of nitrogens with one attached hydrogen (secondary N) is 2. The van der Waals surface area contributed by atoms with Crippen LogP contribution in [0.1, 0.15) is 39.1 Å². The van der Waals surface area contributed by atoms with Crippen molar-refractivity contribution in [3.63, 3.8) is 0 Å². The second kappa shape index (κ2) is 8.39. The first kappa shape index (κ1) is 20.5. The van der Waals surface area contributed by atoms with E-state index in [1.807, 2.05) is 6.07 Å². The Morgan fingerprint density at radius 3 is 2.54 bits per heavy atom. The molecule has 28 heavy (non-hydrogen) atoms. The van der Waals surface area contributed by atoms with Crippen LogP contribution in [0, 0.1) is 28.0 Å². The van der Waals surface area contributed by atoms with Crippen LogP contribution in [0.3, 0.4) is 0 Å². The number of hydrogen-bond acceptors (Lipinski definition) is 4. The molecule has 4 N–H and O–H groups in total. The average Bonchev–Trinajstić information content (AvgIpc) is 3.45. The van der Waals surface area contributed by atoms with Crippen LogP contribution in [-0.4, -0.2) is 18.4 Å². The summed E-state index contributed by atoms with van der Waals surface area (Å²) in [6.45, 7) is 2.12. The number of primary amides is 1. The molecule has 148 valence electrons. The maximum Gasteiger partial charge on any atom is 0.277 e. The van der Waals surface area contributed by atoms with E-state index in [1.54, 1.807) is 19.1 Å². The molecule has 0 aromatic heterocycles. The van der Waals surface area contributed by atoms with Gasteiger partial charge in [-0.15, -0.1) is 0 Å². The summed E-state index contributed by atoms with van der Waals surface area (Å²) in [6.07, 6.45) is 2.04. The van der Waals surface area contributed by atoms with Crippen molar-refractivity contribution in [3.05, 3.63) is 56.2 Å². The molecular weight excluding hydrogens is 483 g/mol. The summed E-state index contributed by atoms with van der Waals surface area (Å²) < 4.78 is 30.0. The fourth-order valence-electron chi connectivity index (χ4n) is 2.57. The number of hydrogen-bond donors (Lipinski definition) is 3. The van der Waals surface area contributed by atoms with Gasteiger partial charge >= 0.3 is 0 Å². The second-order valence-electron chi connectivity index (χ2n) is 6.61. The summed E-state index contributed by atoms with van der Waals surface area (Å²) in [5, 5.41) is 2.75. The van der Waals surface area contributed by atoms with Crippen LogP contribution >= 0.6 is 22.6 Å². The zero-order valence-electron chi connectivity index (χ0n) is 14.9. The number of rotatable bonds is 7. The van der Waals surface area contributed by atoms with Crippen molar-refractivity contribution in [2.75, 3.05) is 11.9 Å². The molecule has 2 aromatic rings. The first-order valence-electron chi connectivity index (χ1n) is 8.55. The molecule has 0 radical (unpaired) electrons. The molecule has 1 saturated carbocycles. The lowest BCUT2D eigenvalue weighted by molar-refractivity contribution is 0.0270. The molecule has 0 aliphatic heterocycles. The first-order valence-corrected chi connectivity index (χ1v) is 9.63. The van der Waals surface area contributed by atoms with E-state index in [1.165, 1.54) is 0 Å². The molecule has 0 saturated heterocycles. The van der Waals surface area contributed by atoms with E-state index in [-0.39, 0.29) is 5.56 Å². The van der Waals surface area contributed by atoms with Gasteiger partial charge in [-0.05, 0) is 78.1 Å². The number of anilines is 2. The minimum atomic E-state index is -1.42. The van der Waals surface area contributed by atoms with Crippen molar-refractivity contribution in [2.45, 2.75) is 19.8 Å². The lowest BCUT2D eigenvalue weighted by atomic mass is 10.0. The van der Waals surface area contributed by atoms with Crippen molar-refractivity contribution < 1.29 is 23.2 Å². The number of halogens is 3. The molecule has 1 aliphatic carbocycles. The number of benzene rings is 2. The highest BCUT2D eigenvalue weighted by Gasteiger charge is 2.26. The van der Waals surface area contributed by atoms with Crippen LogP contribution in [0.25, 0.3) is 0 Å². The maximum atomic E-state index is 14.7. The highest BCUT2D eigenvalue weighted by Crippen LogP contribution is 2.31. The Bertz CT molecular complexity index is 949. The molecular formula is C19H18F2IN3O3. The Labute approximate surface area is 173 Å². The quantitative estimate of drug-likeness (QED) is 0.398. The lowest BCUT2D eigenvalue weighted by Gasteiger charge is -2.16. The molecule has 1 fully saturated rings. The Morgan fingerprint density at radius 1 is 1.21 bits per heavy atom. The van der Waals surface area contributed by atoms with E-state index in [0.717, 1.165) is 28.0 Å². The molecule has 0 unspecified atom stereocenters. The summed E-state index contributed by atoms with van der Waals surface area (Å²) in [6, 6.07) is 6.22. The third-order valence-electron chi connectivity index (χ3n) is 4.35. The van der Waals surface area contributed by atoms with Crippen LogP contribution in [0.5, 0.6) is 0 Å². The monoisotopic (exact) mass is 501 g/mol. The second-order valence-corrected chi connectivity index (χ2v) is 7.85. The van der Waals surface area contributed by atoms with Gasteiger partial charge in [-0.3, -0.25) is 14.4 Å². The highest BCUT2D eigenvalue weighted by molar-refractivity contribution is 14.1. The molecule has 1 aliphatic rings. The van der Waals surface area contributed by atoms with Gasteiger partial charge < -0.3 is 11.1 Å². The topological polar surface area (TPSA) is 93.4 Å². The summed E-state index contributed by atoms with van der Waals surface area (Å²) in [7, 11) is 0. The summed E-state index contributed by atoms with van der Waals surface area (Å²) in [5.41, 5.74) is 7.17. The van der Waals surface area contributed by atoms with E-state index < -0.39 is 34.7 Å². The van der Waals surface area contributed by atoms with Crippen molar-refractivity contribution >= 4 is 45.8 Å². The molecule has 9 heteroatoms. The summed E-state index contributed by atoms with van der Waals surface area (Å²) in [4.78, 5) is 29.1. The number of carbonyl (C=O) groups is 2. The number of nitrogens with two attached hydrogens (primary N) is 1. The van der Waals surface area contributed by atoms with E-state index in [4.69, 9.17) is 10.6 Å². The largest absolute Gasteiger partial charge is 0.366 e. The van der Waals surface area contributed by atoms with E-state index >= 15 is 0 Å². The Kier molecular flexibility index (Phi) is 6.14. The Hall–Kier alpha value is -2.27. The molecule has 0 bridgehead atoms. The van der Waals surface area contributed by atoms with Gasteiger partial charge in [0.25, 0.3) is 11.8 Å². The highest BCUT2D eigenvalue weighted by atomic mass is 127. The third-order valence-corrected chi connectivity index (χ3v) is 5.02. The standard InChI is InChI=1S/C19H18F2IN3O3/c1-9-6-11(22)4-5-14(9)24-17-13(19(27)25-28-8-10-2-3-10)7-12(18(23)26)15(20)16(17)21/h4-7,10,24H,2-3,8H2,1H3,(H2,23,26)(H,25,27). The number of hydroxylamine groups is 1.